The number of benzene rings is 1. The molecule has 10 heteroatoms. The maximum atomic E-state index is 12.5. The molecule has 29 heavy (non-hydrogen) atoms. The molecule has 2 heterocycles. The van der Waals surface area contributed by atoms with Gasteiger partial charge in [0.1, 0.15) is 13.2 Å². The van der Waals surface area contributed by atoms with Crippen molar-refractivity contribution in [1.82, 2.24) is 10.0 Å². The van der Waals surface area contributed by atoms with E-state index >= 15 is 0 Å². The Kier molecular flexibility index (Phi) is 5.67. The number of aryl methyl sites for hydroxylation is 1. The number of hydroxylamine groups is 1. The van der Waals surface area contributed by atoms with Gasteiger partial charge in [-0.3, -0.25) is 14.8 Å². The van der Waals surface area contributed by atoms with Gasteiger partial charge >= 0.3 is 0 Å². The highest BCUT2D eigenvalue weighted by molar-refractivity contribution is 7.92. The maximum Gasteiger partial charge on any atom is 0.264 e. The first-order valence-corrected chi connectivity index (χ1v) is 10.8. The van der Waals surface area contributed by atoms with E-state index < -0.39 is 20.5 Å². The van der Waals surface area contributed by atoms with Crippen molar-refractivity contribution in [3.63, 3.8) is 0 Å². The Hall–Kier alpha value is -2.85. The number of carbonyl (C=O) groups excluding carboxylic acids is 1. The van der Waals surface area contributed by atoms with E-state index in [-0.39, 0.29) is 18.5 Å². The van der Waals surface area contributed by atoms with E-state index in [1.54, 1.807) is 18.2 Å². The van der Waals surface area contributed by atoms with Crippen molar-refractivity contribution in [3.8, 4) is 22.6 Å². The van der Waals surface area contributed by atoms with Gasteiger partial charge in [0.05, 0.1) is 0 Å². The molecule has 0 saturated heterocycles. The molecule has 1 aromatic heterocycles. The standard InChI is InChI=1S/C19H22N2O7S/c1-19(18(23)20-24,29(2,25)26)6-8-21-7-5-14(12-17(21)22)13-3-4-15-16(11-13)28-10-9-27-15/h3-5,7,11-12,24H,6,8-10H2,1-2H3,(H,20,23). The van der Waals surface area contributed by atoms with Gasteiger partial charge in [-0.15, -0.1) is 0 Å². The van der Waals surface area contributed by atoms with Gasteiger partial charge in [0.15, 0.2) is 26.1 Å². The number of amides is 1. The molecule has 156 valence electrons. The molecule has 0 fully saturated rings. The van der Waals surface area contributed by atoms with Crippen molar-refractivity contribution in [1.29, 1.82) is 0 Å². The number of fused-ring (bicyclic) bond motifs is 1. The molecule has 0 bridgehead atoms. The Morgan fingerprint density at radius 2 is 1.83 bits per heavy atom. The molecule has 3 rings (SSSR count). The zero-order chi connectivity index (χ0) is 21.2. The van der Waals surface area contributed by atoms with Crippen LogP contribution in [-0.2, 0) is 21.2 Å². The zero-order valence-corrected chi connectivity index (χ0v) is 16.9. The number of hydrogen-bond acceptors (Lipinski definition) is 7. The van der Waals surface area contributed by atoms with Crippen LogP contribution in [0, 0.1) is 0 Å². The Labute approximate surface area is 167 Å². The molecule has 1 atom stereocenters. The molecule has 1 unspecified atom stereocenters. The van der Waals surface area contributed by atoms with Crippen LogP contribution >= 0.6 is 0 Å². The van der Waals surface area contributed by atoms with Crippen molar-refractivity contribution >= 4 is 15.7 Å². The molecule has 1 aliphatic heterocycles. The van der Waals surface area contributed by atoms with E-state index in [1.807, 2.05) is 6.07 Å². The second kappa shape index (κ2) is 7.88. The predicted molar refractivity (Wildman–Crippen MR) is 105 cm³/mol. The third kappa shape index (κ3) is 4.13. The first-order valence-electron chi connectivity index (χ1n) is 8.90. The van der Waals surface area contributed by atoms with Crippen molar-refractivity contribution in [2.45, 2.75) is 24.6 Å². The van der Waals surface area contributed by atoms with Crippen LogP contribution in [0.15, 0.2) is 41.3 Å². The first-order chi connectivity index (χ1) is 13.7. The summed E-state index contributed by atoms with van der Waals surface area (Å²) in [6.45, 7) is 2.14. The summed E-state index contributed by atoms with van der Waals surface area (Å²) in [4.78, 5) is 24.4. The fraction of sp³-hybridized carbons (Fsp3) is 0.368. The Bertz CT molecular complexity index is 1090. The van der Waals surface area contributed by atoms with Crippen molar-refractivity contribution in [2.75, 3.05) is 19.5 Å². The summed E-state index contributed by atoms with van der Waals surface area (Å²) >= 11 is 0. The minimum absolute atomic E-state index is 0.0166. The summed E-state index contributed by atoms with van der Waals surface area (Å²) in [6.07, 6.45) is 2.27. The number of ether oxygens (including phenoxy) is 2. The third-order valence-electron chi connectivity index (χ3n) is 5.10. The SMILES string of the molecule is CC(CCn1ccc(-c2ccc3c(c2)OCCO3)cc1=O)(C(=O)NO)S(C)(=O)=O. The first kappa shape index (κ1) is 20.9. The quantitative estimate of drug-likeness (QED) is 0.525. The van der Waals surface area contributed by atoms with Gasteiger partial charge in [0.25, 0.3) is 11.5 Å². The van der Waals surface area contributed by atoms with Gasteiger partial charge in [-0.1, -0.05) is 6.07 Å². The van der Waals surface area contributed by atoms with Crippen LogP contribution in [0.5, 0.6) is 11.5 Å². The number of nitrogens with zero attached hydrogens (tertiary/aromatic N) is 1. The predicted octanol–water partition coefficient (Wildman–Crippen LogP) is 0.985. The molecule has 0 radical (unpaired) electrons. The molecule has 1 aliphatic rings. The highest BCUT2D eigenvalue weighted by Gasteiger charge is 2.43. The van der Waals surface area contributed by atoms with Gasteiger partial charge in [0.2, 0.25) is 0 Å². The molecule has 1 amide bonds. The smallest absolute Gasteiger partial charge is 0.264 e. The van der Waals surface area contributed by atoms with Crippen LogP contribution < -0.4 is 20.5 Å². The monoisotopic (exact) mass is 422 g/mol. The lowest BCUT2D eigenvalue weighted by atomic mass is 10.1. The second-order valence-corrected chi connectivity index (χ2v) is 9.44. The number of aromatic nitrogens is 1. The Morgan fingerprint density at radius 1 is 1.17 bits per heavy atom. The van der Waals surface area contributed by atoms with Gasteiger partial charge in [-0.2, -0.15) is 0 Å². The maximum absolute atomic E-state index is 12.5. The third-order valence-corrected chi connectivity index (χ3v) is 7.13. The number of rotatable bonds is 6. The lowest BCUT2D eigenvalue weighted by molar-refractivity contribution is -0.131. The lowest BCUT2D eigenvalue weighted by Crippen LogP contribution is -2.49. The van der Waals surface area contributed by atoms with Gasteiger partial charge < -0.3 is 14.0 Å². The normalized spacial score (nSPS) is 15.4. The molecule has 0 aliphatic carbocycles. The van der Waals surface area contributed by atoms with E-state index in [1.165, 1.54) is 29.2 Å². The van der Waals surface area contributed by atoms with Crippen molar-refractivity contribution in [2.24, 2.45) is 0 Å². The number of nitrogens with one attached hydrogen (secondary N) is 1. The van der Waals surface area contributed by atoms with E-state index in [0.717, 1.165) is 11.8 Å². The average Bonchev–Trinajstić information content (AvgIpc) is 2.70. The summed E-state index contributed by atoms with van der Waals surface area (Å²) in [5, 5.41) is 8.88. The molecule has 1 aromatic carbocycles. The van der Waals surface area contributed by atoms with E-state index in [9.17, 15) is 18.0 Å². The highest BCUT2D eigenvalue weighted by Crippen LogP contribution is 2.34. The van der Waals surface area contributed by atoms with Crippen LogP contribution in [0.4, 0.5) is 0 Å². The number of hydrogen-bond donors (Lipinski definition) is 2. The topological polar surface area (TPSA) is 124 Å². The molecular weight excluding hydrogens is 400 g/mol. The van der Waals surface area contributed by atoms with Crippen LogP contribution in [0.1, 0.15) is 13.3 Å². The molecule has 0 saturated carbocycles. The average molecular weight is 422 g/mol. The van der Waals surface area contributed by atoms with Crippen LogP contribution in [-0.4, -0.2) is 48.3 Å². The summed E-state index contributed by atoms with van der Waals surface area (Å²) in [7, 11) is -3.83. The number of carbonyl (C=O) groups is 1. The fourth-order valence-electron chi connectivity index (χ4n) is 3.01. The molecular formula is C19H22N2O7S. The number of pyridine rings is 1. The summed E-state index contributed by atoms with van der Waals surface area (Å²) in [5.41, 5.74) is 2.49. The summed E-state index contributed by atoms with van der Waals surface area (Å²) in [6, 6.07) is 8.53. The highest BCUT2D eigenvalue weighted by atomic mass is 32.2. The van der Waals surface area contributed by atoms with Gasteiger partial charge in [-0.05, 0) is 42.7 Å². The van der Waals surface area contributed by atoms with Crippen molar-refractivity contribution in [3.05, 3.63) is 46.9 Å². The Morgan fingerprint density at radius 3 is 2.45 bits per heavy atom. The van der Waals surface area contributed by atoms with Gasteiger partial charge in [0, 0.05) is 25.1 Å². The van der Waals surface area contributed by atoms with E-state index in [4.69, 9.17) is 14.7 Å². The minimum Gasteiger partial charge on any atom is -0.486 e. The second-order valence-electron chi connectivity index (χ2n) is 7.00. The zero-order valence-electron chi connectivity index (χ0n) is 16.0. The Balaban J connectivity index is 1.83. The lowest BCUT2D eigenvalue weighted by Gasteiger charge is -2.25. The largest absolute Gasteiger partial charge is 0.486 e. The van der Waals surface area contributed by atoms with Crippen molar-refractivity contribution < 1.29 is 27.9 Å². The van der Waals surface area contributed by atoms with Gasteiger partial charge in [-0.25, -0.2) is 13.9 Å². The summed E-state index contributed by atoms with van der Waals surface area (Å²) in [5.74, 6) is 0.216. The van der Waals surface area contributed by atoms with Crippen LogP contribution in [0.2, 0.25) is 0 Å². The molecule has 0 spiro atoms. The summed E-state index contributed by atoms with van der Waals surface area (Å²) < 4.78 is 34.6. The van der Waals surface area contributed by atoms with E-state index in [2.05, 4.69) is 0 Å². The fourth-order valence-corrected chi connectivity index (χ4v) is 3.86. The van der Waals surface area contributed by atoms with E-state index in [0.29, 0.717) is 30.3 Å². The molecule has 2 N–H and O–H groups in total. The molecule has 2 aromatic rings. The minimum atomic E-state index is -3.83. The molecule has 9 nitrogen and oxygen atoms in total. The van der Waals surface area contributed by atoms with Crippen LogP contribution in [0.25, 0.3) is 11.1 Å². The van der Waals surface area contributed by atoms with Crippen LogP contribution in [0.3, 0.4) is 0 Å². The number of sulfone groups is 1.